The van der Waals surface area contributed by atoms with Gasteiger partial charge < -0.3 is 28.7 Å². The van der Waals surface area contributed by atoms with Crippen molar-refractivity contribution in [3.05, 3.63) is 143 Å². The predicted octanol–water partition coefficient (Wildman–Crippen LogP) is 10.2. The molecule has 2 amide bonds. The Hall–Kier alpha value is -7.27. The van der Waals surface area contributed by atoms with Crippen LogP contribution in [0.1, 0.15) is 58.2 Å². The van der Waals surface area contributed by atoms with Gasteiger partial charge in [-0.3, -0.25) is 14.5 Å². The van der Waals surface area contributed by atoms with Crippen LogP contribution in [0.25, 0.3) is 43.6 Å². The highest BCUT2D eigenvalue weighted by atomic mass is 16.6. The molecule has 1 N–H and O–H groups in total. The van der Waals surface area contributed by atoms with Crippen LogP contribution in [0, 0.1) is 0 Å². The highest BCUT2D eigenvalue weighted by Crippen LogP contribution is 2.47. The van der Waals surface area contributed by atoms with Crippen LogP contribution in [-0.2, 0) is 24.5 Å². The lowest BCUT2D eigenvalue weighted by Crippen LogP contribution is -2.29. The van der Waals surface area contributed by atoms with Gasteiger partial charge in [-0.2, -0.15) is 0 Å². The summed E-state index contributed by atoms with van der Waals surface area (Å²) in [4.78, 5) is 49.1. The van der Waals surface area contributed by atoms with Gasteiger partial charge in [-0.1, -0.05) is 60.7 Å². The summed E-state index contributed by atoms with van der Waals surface area (Å²) in [6, 6.07) is 35.9. The number of carbonyl (C=O) groups excluding carboxylic acids is 3. The zero-order valence-electron chi connectivity index (χ0n) is 33.3. The zero-order valence-corrected chi connectivity index (χ0v) is 33.3. The van der Waals surface area contributed by atoms with E-state index >= 15 is 0 Å². The first-order chi connectivity index (χ1) is 28.5. The number of nitrogens with zero attached hydrogens (tertiary/aromatic N) is 2. The summed E-state index contributed by atoms with van der Waals surface area (Å²) < 4.78 is 31.1. The van der Waals surface area contributed by atoms with Crippen molar-refractivity contribution >= 4 is 61.5 Å². The molecule has 0 bridgehead atoms. The Balaban J connectivity index is 1.29. The quantitative estimate of drug-likeness (QED) is 0.136. The average Bonchev–Trinajstić information content (AvgIpc) is 3.86. The van der Waals surface area contributed by atoms with Crippen LogP contribution in [0.15, 0.2) is 115 Å². The number of methoxy groups -OCH3 is 2. The standard InChI is InChI=1S/C48H41N3O8/c1-48(2,3)59-47(54)51-37-23-33(58-27-29-14-10-7-11-15-29)19-21-35(37)40-42-41(45(52)50(46(42)53)25-30-16-17-31(55-4)24-38(30)56-5)39-34-20-18-32(22-36(34)49-43(39)44(40)51)57-26-28-12-8-6-9-13-28/h6-24,49H,25-27H2,1-5H3. The Morgan fingerprint density at radius 1 is 0.661 bits per heavy atom. The molecular formula is C48H41N3O8. The Labute approximate surface area is 339 Å². The molecule has 59 heavy (non-hydrogen) atoms. The van der Waals surface area contributed by atoms with Crippen molar-refractivity contribution in [3.8, 4) is 23.0 Å². The van der Waals surface area contributed by atoms with E-state index in [4.69, 9.17) is 23.7 Å². The number of H-pyrrole nitrogens is 1. The highest BCUT2D eigenvalue weighted by Gasteiger charge is 2.42. The molecule has 0 saturated heterocycles. The third-order valence-electron chi connectivity index (χ3n) is 10.5. The van der Waals surface area contributed by atoms with E-state index in [0.29, 0.717) is 85.4 Å². The van der Waals surface area contributed by atoms with E-state index in [0.717, 1.165) is 11.1 Å². The SMILES string of the molecule is COc1ccc(CN2C(=O)c3c(c4c5ccc(OCc6ccccc6)cc5n(C(=O)OC(C)(C)C)c4c4[nH]c5cc(OCc6ccccc6)ccc5c34)C2=O)c(OC)c1. The smallest absolute Gasteiger partial charge is 0.419 e. The normalized spacial score (nSPS) is 12.8. The van der Waals surface area contributed by atoms with Crippen molar-refractivity contribution in [3.63, 3.8) is 0 Å². The highest BCUT2D eigenvalue weighted by molar-refractivity contribution is 6.40. The molecule has 6 aromatic carbocycles. The summed E-state index contributed by atoms with van der Waals surface area (Å²) in [5.74, 6) is 1.18. The number of hydrogen-bond acceptors (Lipinski definition) is 8. The molecule has 0 atom stereocenters. The number of rotatable bonds is 10. The lowest BCUT2D eigenvalue weighted by Gasteiger charge is -2.20. The number of amides is 2. The Morgan fingerprint density at radius 2 is 1.25 bits per heavy atom. The fraction of sp³-hybridized carbons (Fsp3) is 0.188. The minimum Gasteiger partial charge on any atom is -0.497 e. The number of aromatic amines is 1. The van der Waals surface area contributed by atoms with Gasteiger partial charge in [0.2, 0.25) is 0 Å². The fourth-order valence-electron chi connectivity index (χ4n) is 7.87. The third-order valence-corrected chi connectivity index (χ3v) is 10.5. The summed E-state index contributed by atoms with van der Waals surface area (Å²) in [6.07, 6.45) is -0.652. The van der Waals surface area contributed by atoms with Crippen LogP contribution in [0.2, 0.25) is 0 Å². The van der Waals surface area contributed by atoms with Crippen molar-refractivity contribution in [2.24, 2.45) is 0 Å². The van der Waals surface area contributed by atoms with E-state index in [1.54, 1.807) is 52.1 Å². The number of ether oxygens (including phenoxy) is 5. The maximum atomic E-state index is 15.0. The molecule has 0 fully saturated rings. The number of aromatic nitrogens is 2. The van der Waals surface area contributed by atoms with Crippen molar-refractivity contribution in [1.29, 1.82) is 0 Å². The van der Waals surface area contributed by atoms with Crippen molar-refractivity contribution in [2.75, 3.05) is 14.2 Å². The maximum absolute atomic E-state index is 15.0. The third kappa shape index (κ3) is 6.64. The first kappa shape index (κ1) is 37.3. The lowest BCUT2D eigenvalue weighted by atomic mass is 9.96. The molecule has 0 radical (unpaired) electrons. The number of fused-ring (bicyclic) bond motifs is 10. The molecule has 2 aromatic heterocycles. The molecule has 1 aliphatic rings. The van der Waals surface area contributed by atoms with Gasteiger partial charge in [0.25, 0.3) is 11.8 Å². The molecular weight excluding hydrogens is 747 g/mol. The minimum atomic E-state index is -0.858. The van der Waals surface area contributed by atoms with Crippen LogP contribution in [-0.4, -0.2) is 52.2 Å². The Kier molecular flexibility index (Phi) is 9.23. The number of nitrogens with one attached hydrogen (secondary N) is 1. The van der Waals surface area contributed by atoms with Crippen LogP contribution in [0.5, 0.6) is 23.0 Å². The largest absolute Gasteiger partial charge is 0.497 e. The van der Waals surface area contributed by atoms with E-state index in [2.05, 4.69) is 4.98 Å². The first-order valence-electron chi connectivity index (χ1n) is 19.3. The van der Waals surface area contributed by atoms with E-state index < -0.39 is 23.5 Å². The average molecular weight is 788 g/mol. The number of carbonyl (C=O) groups is 3. The Morgan fingerprint density at radius 3 is 1.86 bits per heavy atom. The first-order valence-corrected chi connectivity index (χ1v) is 19.3. The van der Waals surface area contributed by atoms with E-state index in [1.807, 2.05) is 91.0 Å². The Bertz CT molecular complexity index is 2960. The lowest BCUT2D eigenvalue weighted by molar-refractivity contribution is 0.0549. The van der Waals surface area contributed by atoms with Crippen LogP contribution < -0.4 is 18.9 Å². The summed E-state index contributed by atoms with van der Waals surface area (Å²) >= 11 is 0. The maximum Gasteiger partial charge on any atom is 0.419 e. The molecule has 0 saturated carbocycles. The van der Waals surface area contributed by atoms with Gasteiger partial charge in [-0.15, -0.1) is 0 Å². The van der Waals surface area contributed by atoms with Gasteiger partial charge in [-0.25, -0.2) is 9.36 Å². The van der Waals surface area contributed by atoms with Crippen LogP contribution in [0.4, 0.5) is 4.79 Å². The zero-order chi connectivity index (χ0) is 41.0. The molecule has 0 spiro atoms. The van der Waals surface area contributed by atoms with Crippen LogP contribution >= 0.6 is 0 Å². The molecule has 11 nitrogen and oxygen atoms in total. The van der Waals surface area contributed by atoms with E-state index in [-0.39, 0.29) is 17.7 Å². The van der Waals surface area contributed by atoms with E-state index in [9.17, 15) is 14.4 Å². The summed E-state index contributed by atoms with van der Waals surface area (Å²) in [7, 11) is 3.08. The second-order valence-corrected chi connectivity index (χ2v) is 15.5. The fourth-order valence-corrected chi connectivity index (χ4v) is 7.87. The second kappa shape index (κ2) is 14.6. The molecule has 0 aliphatic carbocycles. The van der Waals surface area contributed by atoms with Crippen molar-refractivity contribution in [2.45, 2.75) is 46.1 Å². The monoisotopic (exact) mass is 787 g/mol. The predicted molar refractivity (Wildman–Crippen MR) is 226 cm³/mol. The van der Waals surface area contributed by atoms with E-state index in [1.165, 1.54) is 16.6 Å². The molecule has 296 valence electrons. The van der Waals surface area contributed by atoms with Gasteiger partial charge in [0.1, 0.15) is 41.8 Å². The second-order valence-electron chi connectivity index (χ2n) is 15.5. The van der Waals surface area contributed by atoms with Gasteiger partial charge in [0, 0.05) is 45.3 Å². The number of imide groups is 1. The molecule has 9 rings (SSSR count). The van der Waals surface area contributed by atoms with Gasteiger partial charge >= 0.3 is 6.09 Å². The van der Waals surface area contributed by atoms with Gasteiger partial charge in [0.15, 0.2) is 0 Å². The molecule has 1 aliphatic heterocycles. The van der Waals surface area contributed by atoms with Gasteiger partial charge in [-0.05, 0) is 68.3 Å². The summed E-state index contributed by atoms with van der Waals surface area (Å²) in [6.45, 7) is 5.98. The summed E-state index contributed by atoms with van der Waals surface area (Å²) in [5.41, 5.74) is 4.18. The van der Waals surface area contributed by atoms with Crippen molar-refractivity contribution < 1.29 is 38.1 Å². The van der Waals surface area contributed by atoms with Crippen LogP contribution in [0.3, 0.4) is 0 Å². The molecule has 3 heterocycles. The molecule has 8 aromatic rings. The van der Waals surface area contributed by atoms with Crippen molar-refractivity contribution in [1.82, 2.24) is 14.5 Å². The minimum absolute atomic E-state index is 0.0650. The van der Waals surface area contributed by atoms with Gasteiger partial charge in [0.05, 0.1) is 54.0 Å². The topological polar surface area (TPSA) is 121 Å². The number of hydrogen-bond donors (Lipinski definition) is 1. The molecule has 11 heteroatoms. The number of benzene rings is 6. The summed E-state index contributed by atoms with van der Waals surface area (Å²) in [5, 5.41) is 2.21. The molecule has 0 unspecified atom stereocenters.